The van der Waals surface area contributed by atoms with Gasteiger partial charge < -0.3 is 15.4 Å². The predicted molar refractivity (Wildman–Crippen MR) is 66.0 cm³/mol. The van der Waals surface area contributed by atoms with Crippen LogP contribution in [0.1, 0.15) is 5.56 Å². The van der Waals surface area contributed by atoms with Crippen LogP contribution >= 0.6 is 0 Å². The highest BCUT2D eigenvalue weighted by Crippen LogP contribution is 2.12. The van der Waals surface area contributed by atoms with Crippen LogP contribution < -0.4 is 5.73 Å². The molecule has 0 bridgehead atoms. The summed E-state index contributed by atoms with van der Waals surface area (Å²) in [5, 5.41) is 0. The van der Waals surface area contributed by atoms with Crippen molar-refractivity contribution in [2.24, 2.45) is 5.73 Å². The van der Waals surface area contributed by atoms with Gasteiger partial charge in [-0.05, 0) is 11.6 Å². The second kappa shape index (κ2) is 5.50. The van der Waals surface area contributed by atoms with Gasteiger partial charge in [0, 0.05) is 13.1 Å². The number of nitrogens with two attached hydrogens (primary N) is 1. The quantitative estimate of drug-likeness (QED) is 0.786. The molecule has 1 amide bonds. The Balaban J connectivity index is 2.22. The second-order valence-electron chi connectivity index (χ2n) is 3.90. The lowest BCUT2D eigenvalue weighted by Crippen LogP contribution is -2.39. The lowest BCUT2D eigenvalue weighted by Gasteiger charge is -2.29. The molecule has 1 heterocycles. The van der Waals surface area contributed by atoms with E-state index < -0.39 is 5.91 Å². The molecule has 17 heavy (non-hydrogen) atoms. The summed E-state index contributed by atoms with van der Waals surface area (Å²) in [5.41, 5.74) is 6.96. The molecule has 1 aliphatic rings. The van der Waals surface area contributed by atoms with Crippen molar-refractivity contribution in [1.29, 1.82) is 0 Å². The maximum atomic E-state index is 11.5. The van der Waals surface area contributed by atoms with Crippen molar-refractivity contribution in [3.8, 4) is 0 Å². The summed E-state index contributed by atoms with van der Waals surface area (Å²) in [6.07, 6.45) is 1.83. The molecule has 0 radical (unpaired) electrons. The molecule has 1 aliphatic heterocycles. The predicted octanol–water partition coefficient (Wildman–Crippen LogP) is 0.845. The Labute approximate surface area is 101 Å². The molecular formula is C13H16N2O2. The molecule has 0 atom stereocenters. The number of primary amides is 1. The van der Waals surface area contributed by atoms with Crippen molar-refractivity contribution < 1.29 is 9.53 Å². The van der Waals surface area contributed by atoms with Crippen molar-refractivity contribution in [3.05, 3.63) is 41.6 Å². The van der Waals surface area contributed by atoms with Gasteiger partial charge in [-0.25, -0.2) is 0 Å². The first-order chi connectivity index (χ1) is 8.27. The fourth-order valence-electron chi connectivity index (χ4n) is 1.83. The van der Waals surface area contributed by atoms with E-state index in [1.807, 2.05) is 41.3 Å². The molecule has 1 aromatic carbocycles. The molecule has 4 nitrogen and oxygen atoms in total. The summed E-state index contributed by atoms with van der Waals surface area (Å²) < 4.78 is 5.26. The van der Waals surface area contributed by atoms with Gasteiger partial charge in [0.25, 0.3) is 5.91 Å². The van der Waals surface area contributed by atoms with E-state index in [2.05, 4.69) is 0 Å². The first kappa shape index (κ1) is 11.7. The van der Waals surface area contributed by atoms with E-state index in [1.54, 1.807) is 0 Å². The third-order valence-electron chi connectivity index (χ3n) is 2.71. The lowest BCUT2D eigenvalue weighted by molar-refractivity contribution is -0.116. The normalized spacial score (nSPS) is 16.9. The summed E-state index contributed by atoms with van der Waals surface area (Å²) >= 11 is 0. The maximum absolute atomic E-state index is 11.5. The van der Waals surface area contributed by atoms with Crippen molar-refractivity contribution >= 4 is 12.0 Å². The fraction of sp³-hybridized carbons (Fsp3) is 0.308. The van der Waals surface area contributed by atoms with E-state index in [4.69, 9.17) is 10.5 Å². The number of carbonyl (C=O) groups is 1. The lowest BCUT2D eigenvalue weighted by atomic mass is 10.1. The fourth-order valence-corrected chi connectivity index (χ4v) is 1.83. The molecule has 2 rings (SSSR count). The standard InChI is InChI=1S/C13H16N2O2/c14-13(16)12(15-6-8-17-9-7-15)10-11-4-2-1-3-5-11/h1-5,10H,6-9H2,(H2,14,16). The minimum absolute atomic E-state index is 0.393. The summed E-state index contributed by atoms with van der Waals surface area (Å²) in [5.74, 6) is -0.393. The molecule has 1 saturated heterocycles. The molecule has 0 aromatic heterocycles. The Bertz CT molecular complexity index is 409. The van der Waals surface area contributed by atoms with E-state index >= 15 is 0 Å². The van der Waals surface area contributed by atoms with Gasteiger partial charge in [-0.2, -0.15) is 0 Å². The third-order valence-corrected chi connectivity index (χ3v) is 2.71. The van der Waals surface area contributed by atoms with Gasteiger partial charge >= 0.3 is 0 Å². The Morgan fingerprint density at radius 1 is 1.24 bits per heavy atom. The average Bonchev–Trinajstić information content (AvgIpc) is 2.38. The summed E-state index contributed by atoms with van der Waals surface area (Å²) in [6, 6.07) is 9.70. The Hall–Kier alpha value is -1.81. The van der Waals surface area contributed by atoms with E-state index in [0.717, 1.165) is 5.56 Å². The molecule has 0 spiro atoms. The third kappa shape index (κ3) is 3.07. The molecule has 90 valence electrons. The highest BCUT2D eigenvalue weighted by Gasteiger charge is 2.17. The summed E-state index contributed by atoms with van der Waals surface area (Å²) in [7, 11) is 0. The zero-order chi connectivity index (χ0) is 12.1. The minimum atomic E-state index is -0.393. The van der Waals surface area contributed by atoms with Crippen molar-refractivity contribution in [1.82, 2.24) is 4.90 Å². The van der Waals surface area contributed by atoms with Crippen LogP contribution in [0.4, 0.5) is 0 Å². The van der Waals surface area contributed by atoms with E-state index in [1.165, 1.54) is 0 Å². The average molecular weight is 232 g/mol. The van der Waals surface area contributed by atoms with Crippen LogP contribution in [0, 0.1) is 0 Å². The first-order valence-electron chi connectivity index (χ1n) is 5.66. The summed E-state index contributed by atoms with van der Waals surface area (Å²) in [6.45, 7) is 2.70. The number of ether oxygens (including phenoxy) is 1. The van der Waals surface area contributed by atoms with Gasteiger partial charge in [-0.15, -0.1) is 0 Å². The zero-order valence-electron chi connectivity index (χ0n) is 9.63. The Morgan fingerprint density at radius 3 is 2.47 bits per heavy atom. The minimum Gasteiger partial charge on any atom is -0.378 e. The molecule has 1 fully saturated rings. The topological polar surface area (TPSA) is 55.6 Å². The number of carbonyl (C=O) groups excluding carboxylic acids is 1. The van der Waals surface area contributed by atoms with Crippen LogP contribution in [0.3, 0.4) is 0 Å². The zero-order valence-corrected chi connectivity index (χ0v) is 9.63. The van der Waals surface area contributed by atoms with E-state index in [-0.39, 0.29) is 0 Å². The number of hydrogen-bond donors (Lipinski definition) is 1. The Morgan fingerprint density at radius 2 is 1.88 bits per heavy atom. The molecule has 0 saturated carbocycles. The highest BCUT2D eigenvalue weighted by atomic mass is 16.5. The van der Waals surface area contributed by atoms with Crippen molar-refractivity contribution in [3.63, 3.8) is 0 Å². The highest BCUT2D eigenvalue weighted by molar-refractivity contribution is 5.96. The monoisotopic (exact) mass is 232 g/mol. The summed E-state index contributed by atoms with van der Waals surface area (Å²) in [4.78, 5) is 13.4. The number of benzene rings is 1. The van der Waals surface area contributed by atoms with Crippen LogP contribution in [0.25, 0.3) is 6.08 Å². The van der Waals surface area contributed by atoms with Gasteiger partial charge in [-0.3, -0.25) is 4.79 Å². The first-order valence-corrected chi connectivity index (χ1v) is 5.66. The number of amides is 1. The number of hydrogen-bond acceptors (Lipinski definition) is 3. The van der Waals surface area contributed by atoms with Crippen LogP contribution in [0.5, 0.6) is 0 Å². The molecule has 4 heteroatoms. The van der Waals surface area contributed by atoms with Gasteiger partial charge in [0.05, 0.1) is 13.2 Å². The number of nitrogens with zero attached hydrogens (tertiary/aromatic N) is 1. The van der Waals surface area contributed by atoms with E-state index in [9.17, 15) is 4.79 Å². The molecule has 1 aromatic rings. The largest absolute Gasteiger partial charge is 0.378 e. The maximum Gasteiger partial charge on any atom is 0.265 e. The van der Waals surface area contributed by atoms with Crippen LogP contribution in [0.2, 0.25) is 0 Å². The molecule has 0 unspecified atom stereocenters. The van der Waals surface area contributed by atoms with Crippen molar-refractivity contribution in [2.75, 3.05) is 26.3 Å². The van der Waals surface area contributed by atoms with Crippen molar-refractivity contribution in [2.45, 2.75) is 0 Å². The van der Waals surface area contributed by atoms with Gasteiger partial charge in [0.15, 0.2) is 0 Å². The smallest absolute Gasteiger partial charge is 0.265 e. The van der Waals surface area contributed by atoms with Gasteiger partial charge in [0.1, 0.15) is 5.70 Å². The molecule has 2 N–H and O–H groups in total. The Kier molecular flexibility index (Phi) is 3.77. The SMILES string of the molecule is NC(=O)C(=Cc1ccccc1)N1CCOCC1. The molecule has 0 aliphatic carbocycles. The van der Waals surface area contributed by atoms with Gasteiger partial charge in [0.2, 0.25) is 0 Å². The van der Waals surface area contributed by atoms with Crippen LogP contribution in [-0.2, 0) is 9.53 Å². The number of morpholine rings is 1. The van der Waals surface area contributed by atoms with Gasteiger partial charge in [-0.1, -0.05) is 30.3 Å². The number of rotatable bonds is 3. The second-order valence-corrected chi connectivity index (χ2v) is 3.90. The van der Waals surface area contributed by atoms with Crippen LogP contribution in [-0.4, -0.2) is 37.1 Å². The molecular weight excluding hydrogens is 216 g/mol. The van der Waals surface area contributed by atoms with E-state index in [0.29, 0.717) is 32.0 Å². The van der Waals surface area contributed by atoms with Crippen LogP contribution in [0.15, 0.2) is 36.0 Å².